The number of amides is 1. The number of aromatic amines is 1. The van der Waals surface area contributed by atoms with Crippen LogP contribution in [0.2, 0.25) is 0 Å². The number of benzene rings is 1. The molecule has 4 rings (SSSR count). The zero-order valence-corrected chi connectivity index (χ0v) is 14.9. The van der Waals surface area contributed by atoms with Gasteiger partial charge in [0.2, 0.25) is 5.91 Å². The van der Waals surface area contributed by atoms with Crippen molar-refractivity contribution in [2.24, 2.45) is 0 Å². The number of hydrogen-bond acceptors (Lipinski definition) is 5. The third-order valence-electron chi connectivity index (χ3n) is 4.30. The average Bonchev–Trinajstić information content (AvgIpc) is 3.30. The topological polar surface area (TPSA) is 101 Å². The van der Waals surface area contributed by atoms with E-state index in [1.54, 1.807) is 12.5 Å². The van der Waals surface area contributed by atoms with Crippen LogP contribution < -0.4 is 5.32 Å². The van der Waals surface area contributed by atoms with E-state index in [2.05, 4.69) is 30.5 Å². The van der Waals surface area contributed by atoms with Gasteiger partial charge in [0.25, 0.3) is 0 Å². The van der Waals surface area contributed by atoms with Gasteiger partial charge >= 0.3 is 0 Å². The highest BCUT2D eigenvalue weighted by atomic mass is 16.1. The SMILES string of the molecule is Cc1ncccc1-c1n[nH]c(CCNC(=O)Cn2cnc3ccccc32)n1. The molecule has 0 aliphatic carbocycles. The fourth-order valence-electron chi connectivity index (χ4n) is 2.92. The number of nitrogens with zero attached hydrogens (tertiary/aromatic N) is 5. The summed E-state index contributed by atoms with van der Waals surface area (Å²) in [5, 5.41) is 10.1. The zero-order chi connectivity index (χ0) is 18.6. The van der Waals surface area contributed by atoms with Crippen LogP contribution in [-0.2, 0) is 17.8 Å². The lowest BCUT2D eigenvalue weighted by molar-refractivity contribution is -0.121. The molecule has 1 amide bonds. The number of nitrogens with one attached hydrogen (secondary N) is 2. The van der Waals surface area contributed by atoms with Crippen molar-refractivity contribution in [1.29, 1.82) is 0 Å². The number of fused-ring (bicyclic) bond motifs is 1. The molecular formula is C19H19N7O. The van der Waals surface area contributed by atoms with Crippen molar-refractivity contribution in [2.75, 3.05) is 6.54 Å². The molecule has 0 atom stereocenters. The second-order valence-corrected chi connectivity index (χ2v) is 6.20. The predicted molar refractivity (Wildman–Crippen MR) is 101 cm³/mol. The molecule has 0 saturated carbocycles. The van der Waals surface area contributed by atoms with Gasteiger partial charge in [-0.25, -0.2) is 9.97 Å². The molecule has 27 heavy (non-hydrogen) atoms. The number of H-pyrrole nitrogens is 1. The van der Waals surface area contributed by atoms with Crippen LogP contribution in [0.5, 0.6) is 0 Å². The van der Waals surface area contributed by atoms with Crippen molar-refractivity contribution < 1.29 is 4.79 Å². The molecule has 0 fully saturated rings. The van der Waals surface area contributed by atoms with Gasteiger partial charge in [-0.3, -0.25) is 14.9 Å². The fraction of sp³-hybridized carbons (Fsp3) is 0.211. The molecule has 3 heterocycles. The number of aryl methyl sites for hydroxylation is 1. The second-order valence-electron chi connectivity index (χ2n) is 6.20. The molecule has 0 unspecified atom stereocenters. The van der Waals surface area contributed by atoms with E-state index in [-0.39, 0.29) is 12.5 Å². The Kier molecular flexibility index (Phi) is 4.61. The minimum atomic E-state index is -0.0685. The van der Waals surface area contributed by atoms with Crippen LogP contribution in [0.3, 0.4) is 0 Å². The highest BCUT2D eigenvalue weighted by Gasteiger charge is 2.10. The van der Waals surface area contributed by atoms with Crippen molar-refractivity contribution >= 4 is 16.9 Å². The summed E-state index contributed by atoms with van der Waals surface area (Å²) in [6.07, 6.45) is 4.00. The number of carbonyl (C=O) groups is 1. The fourth-order valence-corrected chi connectivity index (χ4v) is 2.92. The lowest BCUT2D eigenvalue weighted by Gasteiger charge is -2.05. The van der Waals surface area contributed by atoms with E-state index in [9.17, 15) is 4.79 Å². The van der Waals surface area contributed by atoms with Crippen molar-refractivity contribution in [3.05, 3.63) is 60.4 Å². The molecule has 0 spiro atoms. The summed E-state index contributed by atoms with van der Waals surface area (Å²) in [6, 6.07) is 11.5. The highest BCUT2D eigenvalue weighted by Crippen LogP contribution is 2.17. The molecule has 8 nitrogen and oxygen atoms in total. The molecule has 0 radical (unpaired) electrons. The summed E-state index contributed by atoms with van der Waals surface area (Å²) >= 11 is 0. The summed E-state index contributed by atoms with van der Waals surface area (Å²) in [5.41, 5.74) is 3.60. The van der Waals surface area contributed by atoms with Crippen LogP contribution in [0.1, 0.15) is 11.5 Å². The quantitative estimate of drug-likeness (QED) is 0.546. The molecular weight excluding hydrogens is 342 g/mol. The van der Waals surface area contributed by atoms with Crippen LogP contribution in [0.25, 0.3) is 22.4 Å². The first kappa shape index (κ1) is 16.9. The van der Waals surface area contributed by atoms with Gasteiger partial charge in [0.05, 0.1) is 17.4 Å². The Morgan fingerprint density at radius 3 is 2.96 bits per heavy atom. The van der Waals surface area contributed by atoms with Crippen LogP contribution >= 0.6 is 0 Å². The van der Waals surface area contributed by atoms with Crippen molar-refractivity contribution in [2.45, 2.75) is 19.9 Å². The van der Waals surface area contributed by atoms with Crippen LogP contribution in [-0.4, -0.2) is 42.2 Å². The minimum Gasteiger partial charge on any atom is -0.354 e. The Labute approximate surface area is 155 Å². The first-order chi connectivity index (χ1) is 13.2. The minimum absolute atomic E-state index is 0.0685. The van der Waals surface area contributed by atoms with Gasteiger partial charge in [0.15, 0.2) is 5.82 Å². The van der Waals surface area contributed by atoms with E-state index in [4.69, 9.17) is 0 Å². The average molecular weight is 361 g/mol. The molecule has 8 heteroatoms. The molecule has 1 aromatic carbocycles. The second kappa shape index (κ2) is 7.36. The largest absolute Gasteiger partial charge is 0.354 e. The Morgan fingerprint density at radius 2 is 2.07 bits per heavy atom. The van der Waals surface area contributed by atoms with Crippen LogP contribution in [0, 0.1) is 6.92 Å². The summed E-state index contributed by atoms with van der Waals surface area (Å²) in [6.45, 7) is 2.63. The third-order valence-corrected chi connectivity index (χ3v) is 4.30. The standard InChI is InChI=1S/C19H19N7O/c1-13-14(5-4-9-20-13)19-23-17(24-25-19)8-10-21-18(27)11-26-12-22-15-6-2-3-7-16(15)26/h2-7,9,12H,8,10-11H2,1H3,(H,21,27)(H,23,24,25). The summed E-state index contributed by atoms with van der Waals surface area (Å²) in [4.78, 5) is 25.2. The maximum absolute atomic E-state index is 12.2. The van der Waals surface area contributed by atoms with Gasteiger partial charge in [0, 0.05) is 30.4 Å². The number of para-hydroxylation sites is 2. The maximum Gasteiger partial charge on any atom is 0.240 e. The molecule has 2 N–H and O–H groups in total. The van der Waals surface area contributed by atoms with E-state index in [0.717, 1.165) is 28.1 Å². The number of pyridine rings is 1. The number of aromatic nitrogens is 6. The summed E-state index contributed by atoms with van der Waals surface area (Å²) in [7, 11) is 0. The summed E-state index contributed by atoms with van der Waals surface area (Å²) < 4.78 is 1.84. The smallest absolute Gasteiger partial charge is 0.240 e. The molecule has 0 aliphatic heterocycles. The Morgan fingerprint density at radius 1 is 1.19 bits per heavy atom. The van der Waals surface area contributed by atoms with E-state index >= 15 is 0 Å². The Balaban J connectivity index is 1.32. The van der Waals surface area contributed by atoms with E-state index < -0.39 is 0 Å². The Hall–Kier alpha value is -3.55. The molecule has 4 aromatic rings. The monoisotopic (exact) mass is 361 g/mol. The molecule has 3 aromatic heterocycles. The van der Waals surface area contributed by atoms with Crippen molar-refractivity contribution in [1.82, 2.24) is 35.0 Å². The highest BCUT2D eigenvalue weighted by molar-refractivity contribution is 5.80. The van der Waals surface area contributed by atoms with Crippen LogP contribution in [0.4, 0.5) is 0 Å². The number of hydrogen-bond donors (Lipinski definition) is 2. The lowest BCUT2D eigenvalue weighted by atomic mass is 10.2. The molecule has 0 saturated heterocycles. The van der Waals surface area contributed by atoms with Gasteiger partial charge in [0.1, 0.15) is 12.4 Å². The first-order valence-corrected chi connectivity index (χ1v) is 8.70. The van der Waals surface area contributed by atoms with Gasteiger partial charge in [-0.2, -0.15) is 5.10 Å². The molecule has 136 valence electrons. The Bertz CT molecular complexity index is 1080. The van der Waals surface area contributed by atoms with E-state index in [1.165, 1.54) is 0 Å². The number of carbonyl (C=O) groups excluding carboxylic acids is 1. The predicted octanol–water partition coefficient (Wildman–Crippen LogP) is 1.88. The normalized spacial score (nSPS) is 11.0. The summed E-state index contributed by atoms with van der Waals surface area (Å²) in [5.74, 6) is 1.27. The molecule has 0 bridgehead atoms. The van der Waals surface area contributed by atoms with E-state index in [1.807, 2.05) is 47.9 Å². The third kappa shape index (κ3) is 3.69. The van der Waals surface area contributed by atoms with Gasteiger partial charge in [-0.05, 0) is 31.2 Å². The van der Waals surface area contributed by atoms with Crippen molar-refractivity contribution in [3.63, 3.8) is 0 Å². The lowest BCUT2D eigenvalue weighted by Crippen LogP contribution is -2.29. The first-order valence-electron chi connectivity index (χ1n) is 8.70. The number of rotatable bonds is 6. The van der Waals surface area contributed by atoms with Crippen LogP contribution in [0.15, 0.2) is 48.9 Å². The van der Waals surface area contributed by atoms with Crippen molar-refractivity contribution in [3.8, 4) is 11.4 Å². The maximum atomic E-state index is 12.2. The van der Waals surface area contributed by atoms with E-state index in [0.29, 0.717) is 18.8 Å². The van der Waals surface area contributed by atoms with Gasteiger partial charge < -0.3 is 9.88 Å². The zero-order valence-electron chi connectivity index (χ0n) is 14.9. The number of imidazole rings is 1. The molecule has 0 aliphatic rings. The van der Waals surface area contributed by atoms with Gasteiger partial charge in [-0.15, -0.1) is 0 Å². The van der Waals surface area contributed by atoms with Gasteiger partial charge in [-0.1, -0.05) is 12.1 Å².